The zero-order valence-electron chi connectivity index (χ0n) is 10.2. The van der Waals surface area contributed by atoms with Gasteiger partial charge in [-0.25, -0.2) is 9.50 Å². The highest BCUT2D eigenvalue weighted by Crippen LogP contribution is 2.24. The monoisotopic (exact) mass is 274 g/mol. The van der Waals surface area contributed by atoms with E-state index in [2.05, 4.69) is 10.1 Å². The third-order valence-corrected chi connectivity index (χ3v) is 2.53. The summed E-state index contributed by atoms with van der Waals surface area (Å²) in [5.41, 5.74) is 1.17. The minimum absolute atomic E-state index is 0.142. The fourth-order valence-corrected chi connectivity index (χ4v) is 1.87. The van der Waals surface area contributed by atoms with Crippen LogP contribution >= 0.6 is 0 Å². The first-order valence-corrected chi connectivity index (χ1v) is 5.64. The van der Waals surface area contributed by atoms with Crippen LogP contribution < -0.4 is 4.90 Å². The molecule has 0 aliphatic heterocycles. The van der Waals surface area contributed by atoms with Gasteiger partial charge in [0.2, 0.25) is 0 Å². The smallest absolute Gasteiger partial charge is 0.395 e. The Morgan fingerprint density at radius 1 is 1.42 bits per heavy atom. The van der Waals surface area contributed by atoms with Gasteiger partial charge in [-0.2, -0.15) is 18.3 Å². The molecule has 1 N–H and O–H groups in total. The Bertz CT molecular complexity index is 567. The van der Waals surface area contributed by atoms with Crippen molar-refractivity contribution in [3.63, 3.8) is 0 Å². The normalized spacial score (nSPS) is 12.1. The summed E-state index contributed by atoms with van der Waals surface area (Å²) < 4.78 is 39.1. The fourth-order valence-electron chi connectivity index (χ4n) is 1.87. The maximum Gasteiger partial charge on any atom is 0.405 e. The van der Waals surface area contributed by atoms with E-state index in [4.69, 9.17) is 5.11 Å². The van der Waals surface area contributed by atoms with E-state index >= 15 is 0 Å². The van der Waals surface area contributed by atoms with Gasteiger partial charge in [-0.15, -0.1) is 0 Å². The molecule has 0 aliphatic carbocycles. The molecule has 0 bridgehead atoms. The lowest BCUT2D eigenvalue weighted by Crippen LogP contribution is -2.37. The molecule has 0 aliphatic rings. The number of hydrogen-bond acceptors (Lipinski definition) is 4. The van der Waals surface area contributed by atoms with Gasteiger partial charge in [-0.1, -0.05) is 0 Å². The lowest BCUT2D eigenvalue weighted by molar-refractivity contribution is -0.119. The molecule has 0 atom stereocenters. The van der Waals surface area contributed by atoms with Crippen molar-refractivity contribution in [2.24, 2.45) is 0 Å². The molecule has 2 aromatic heterocycles. The van der Waals surface area contributed by atoms with E-state index in [1.165, 1.54) is 10.7 Å². The molecule has 5 nitrogen and oxygen atoms in total. The van der Waals surface area contributed by atoms with Gasteiger partial charge in [0.1, 0.15) is 12.1 Å². The number of aryl methyl sites for hydroxylation is 1. The molecule has 104 valence electrons. The molecule has 0 saturated carbocycles. The Hall–Kier alpha value is -1.83. The molecule has 0 fully saturated rings. The molecule has 8 heteroatoms. The van der Waals surface area contributed by atoms with Crippen LogP contribution in [0.25, 0.3) is 5.52 Å². The first-order chi connectivity index (χ1) is 8.90. The Kier molecular flexibility index (Phi) is 3.61. The molecule has 2 rings (SSSR count). The number of aliphatic hydroxyl groups is 1. The molecule has 0 spiro atoms. The summed E-state index contributed by atoms with van der Waals surface area (Å²) >= 11 is 0. The van der Waals surface area contributed by atoms with Gasteiger partial charge in [0.15, 0.2) is 5.82 Å². The molecule has 0 saturated heterocycles. The second kappa shape index (κ2) is 5.04. The quantitative estimate of drug-likeness (QED) is 0.915. The van der Waals surface area contributed by atoms with Crippen LogP contribution in [0.15, 0.2) is 18.5 Å². The first-order valence-electron chi connectivity index (χ1n) is 5.64. The van der Waals surface area contributed by atoms with Crippen LogP contribution in [-0.2, 0) is 0 Å². The third kappa shape index (κ3) is 3.14. The van der Waals surface area contributed by atoms with Crippen LogP contribution in [0.2, 0.25) is 0 Å². The molecule has 19 heavy (non-hydrogen) atoms. The number of hydrogen-bond donors (Lipinski definition) is 1. The molecule has 2 heterocycles. The fraction of sp³-hybridized carbons (Fsp3) is 0.455. The summed E-state index contributed by atoms with van der Waals surface area (Å²) in [6, 6.07) is 1.66. The summed E-state index contributed by atoms with van der Waals surface area (Å²) in [7, 11) is 0. The maximum absolute atomic E-state index is 12.5. The van der Waals surface area contributed by atoms with Crippen molar-refractivity contribution in [2.45, 2.75) is 13.1 Å². The highest BCUT2D eigenvalue weighted by Gasteiger charge is 2.32. The van der Waals surface area contributed by atoms with Crippen molar-refractivity contribution in [3.8, 4) is 0 Å². The Morgan fingerprint density at radius 3 is 2.79 bits per heavy atom. The number of anilines is 1. The Labute approximate surface area is 107 Å². The van der Waals surface area contributed by atoms with Gasteiger partial charge in [-0.3, -0.25) is 0 Å². The molecule has 0 unspecified atom stereocenters. The summed E-state index contributed by atoms with van der Waals surface area (Å²) in [4.78, 5) is 4.97. The predicted octanol–water partition coefficient (Wildman–Crippen LogP) is 1.40. The largest absolute Gasteiger partial charge is 0.405 e. The summed E-state index contributed by atoms with van der Waals surface area (Å²) in [6.07, 6.45) is -1.41. The van der Waals surface area contributed by atoms with Gasteiger partial charge in [0.05, 0.1) is 12.3 Å². The van der Waals surface area contributed by atoms with Gasteiger partial charge in [0, 0.05) is 18.9 Å². The lowest BCUT2D eigenvalue weighted by atomic mass is 10.3. The minimum Gasteiger partial charge on any atom is -0.395 e. The third-order valence-electron chi connectivity index (χ3n) is 2.53. The van der Waals surface area contributed by atoms with Crippen LogP contribution in [0.5, 0.6) is 0 Å². The van der Waals surface area contributed by atoms with Crippen molar-refractivity contribution < 1.29 is 18.3 Å². The average molecular weight is 274 g/mol. The van der Waals surface area contributed by atoms with E-state index in [9.17, 15) is 13.2 Å². The topological polar surface area (TPSA) is 53.7 Å². The van der Waals surface area contributed by atoms with Gasteiger partial charge >= 0.3 is 6.18 Å². The van der Waals surface area contributed by atoms with E-state index in [1.54, 1.807) is 19.2 Å². The highest BCUT2D eigenvalue weighted by atomic mass is 19.4. The van der Waals surface area contributed by atoms with Gasteiger partial charge in [-0.05, 0) is 13.0 Å². The second-order valence-electron chi connectivity index (χ2n) is 4.13. The zero-order chi connectivity index (χ0) is 14.0. The SMILES string of the molecule is Cc1cc2c(N(CCO)CC(F)(F)F)nccn2n1. The van der Waals surface area contributed by atoms with E-state index < -0.39 is 12.7 Å². The average Bonchev–Trinajstić information content (AvgIpc) is 2.66. The number of halogens is 3. The number of aromatic nitrogens is 3. The Morgan fingerprint density at radius 2 is 2.16 bits per heavy atom. The molecule has 0 radical (unpaired) electrons. The van der Waals surface area contributed by atoms with Crippen molar-refractivity contribution in [3.05, 3.63) is 24.2 Å². The molecule has 2 aromatic rings. The van der Waals surface area contributed by atoms with Crippen LogP contribution in [0.3, 0.4) is 0 Å². The number of aliphatic hydroxyl groups excluding tert-OH is 1. The standard InChI is InChI=1S/C11H13F3N4O/c1-8-6-9-10(15-2-3-18(9)16-8)17(4-5-19)7-11(12,13)14/h2-3,6,19H,4-5,7H2,1H3. The van der Waals surface area contributed by atoms with Gasteiger partial charge < -0.3 is 10.0 Å². The van der Waals surface area contributed by atoms with Crippen molar-refractivity contribution >= 4 is 11.3 Å². The number of fused-ring (bicyclic) bond motifs is 1. The molecular weight excluding hydrogens is 261 g/mol. The van der Waals surface area contributed by atoms with Gasteiger partial charge in [0.25, 0.3) is 0 Å². The zero-order valence-corrected chi connectivity index (χ0v) is 10.2. The maximum atomic E-state index is 12.5. The summed E-state index contributed by atoms with van der Waals surface area (Å²) in [5.74, 6) is 0.162. The van der Waals surface area contributed by atoms with Crippen LogP contribution in [0.4, 0.5) is 19.0 Å². The van der Waals surface area contributed by atoms with Crippen LogP contribution in [0, 0.1) is 6.92 Å². The minimum atomic E-state index is -4.36. The number of rotatable bonds is 4. The summed E-state index contributed by atoms with van der Waals surface area (Å²) in [5, 5.41) is 13.0. The van der Waals surface area contributed by atoms with Crippen molar-refractivity contribution in [1.29, 1.82) is 0 Å². The summed E-state index contributed by atoms with van der Waals surface area (Å²) in [6.45, 7) is 0.0593. The van der Waals surface area contributed by atoms with E-state index in [1.807, 2.05) is 0 Å². The lowest BCUT2D eigenvalue weighted by Gasteiger charge is -2.24. The Balaban J connectivity index is 2.43. The van der Waals surface area contributed by atoms with Crippen LogP contribution in [-0.4, -0.2) is 45.6 Å². The van der Waals surface area contributed by atoms with E-state index in [0.29, 0.717) is 11.2 Å². The molecule has 0 amide bonds. The van der Waals surface area contributed by atoms with Crippen molar-refractivity contribution in [1.82, 2.24) is 14.6 Å². The molecule has 0 aromatic carbocycles. The molecular formula is C11H13F3N4O. The number of nitrogens with zero attached hydrogens (tertiary/aromatic N) is 4. The van der Waals surface area contributed by atoms with E-state index in [-0.39, 0.29) is 19.0 Å². The second-order valence-corrected chi connectivity index (χ2v) is 4.13. The van der Waals surface area contributed by atoms with E-state index in [0.717, 1.165) is 4.90 Å². The van der Waals surface area contributed by atoms with Crippen molar-refractivity contribution in [2.75, 3.05) is 24.6 Å². The van der Waals surface area contributed by atoms with Crippen LogP contribution in [0.1, 0.15) is 5.69 Å². The first kappa shape index (κ1) is 13.6. The number of alkyl halides is 3. The highest BCUT2D eigenvalue weighted by molar-refractivity contribution is 5.69. The predicted molar refractivity (Wildman–Crippen MR) is 63.1 cm³/mol.